The number of aryl methyl sites for hydroxylation is 2. The number of aliphatic carboxylic acids is 1. The summed E-state index contributed by atoms with van der Waals surface area (Å²) in [5.41, 5.74) is 3.22. The SMILES string of the molecule is Cc1ccc(C)c(C(=O)CCC(=O)N(C)c2ccc(OCC(=O)O)cc2)c1. The highest BCUT2D eigenvalue weighted by atomic mass is 16.5. The van der Waals surface area contributed by atoms with E-state index in [0.29, 0.717) is 17.0 Å². The summed E-state index contributed by atoms with van der Waals surface area (Å²) in [6, 6.07) is 12.2. The molecule has 2 rings (SSSR count). The number of ether oxygens (including phenoxy) is 1. The number of carboxylic acid groups (broad SMARTS) is 1. The topological polar surface area (TPSA) is 83.9 Å². The Bertz CT molecular complexity index is 842. The van der Waals surface area contributed by atoms with E-state index in [0.717, 1.165) is 11.1 Å². The molecule has 0 aromatic heterocycles. The molecule has 0 saturated carbocycles. The third-order valence-electron chi connectivity index (χ3n) is 4.22. The molecule has 0 heterocycles. The average molecular weight is 369 g/mol. The van der Waals surface area contributed by atoms with Crippen LogP contribution in [0.15, 0.2) is 42.5 Å². The van der Waals surface area contributed by atoms with Crippen molar-refractivity contribution in [2.75, 3.05) is 18.6 Å². The van der Waals surface area contributed by atoms with E-state index >= 15 is 0 Å². The Hall–Kier alpha value is -3.15. The zero-order chi connectivity index (χ0) is 20.0. The first-order chi connectivity index (χ1) is 12.8. The number of carboxylic acids is 1. The Balaban J connectivity index is 1.94. The van der Waals surface area contributed by atoms with E-state index in [2.05, 4.69) is 0 Å². The maximum absolute atomic E-state index is 12.4. The molecule has 2 aromatic rings. The fourth-order valence-electron chi connectivity index (χ4n) is 2.61. The number of Topliss-reactive ketones (excluding diaryl/α,β-unsaturated/α-hetero) is 1. The van der Waals surface area contributed by atoms with Crippen molar-refractivity contribution >= 4 is 23.3 Å². The molecule has 1 N–H and O–H groups in total. The molecule has 0 radical (unpaired) electrons. The molecule has 0 atom stereocenters. The molecule has 142 valence electrons. The van der Waals surface area contributed by atoms with Gasteiger partial charge in [0.15, 0.2) is 12.4 Å². The Morgan fingerprint density at radius 2 is 1.67 bits per heavy atom. The van der Waals surface area contributed by atoms with Crippen LogP contribution in [0.3, 0.4) is 0 Å². The fraction of sp³-hybridized carbons (Fsp3) is 0.286. The third kappa shape index (κ3) is 5.67. The lowest BCUT2D eigenvalue weighted by molar-refractivity contribution is -0.139. The molecule has 6 heteroatoms. The standard InChI is InChI=1S/C21H23NO5/c1-14-4-5-15(2)18(12-14)19(23)10-11-20(24)22(3)16-6-8-17(9-7-16)27-13-21(25)26/h4-9,12H,10-11,13H2,1-3H3,(H,25,26). The van der Waals surface area contributed by atoms with Gasteiger partial charge in [-0.05, 0) is 49.7 Å². The predicted octanol–water partition coefficient (Wildman–Crippen LogP) is 3.39. The molecule has 1 amide bonds. The molecule has 0 aliphatic carbocycles. The number of amides is 1. The van der Waals surface area contributed by atoms with Gasteiger partial charge < -0.3 is 14.7 Å². The van der Waals surface area contributed by atoms with Gasteiger partial charge in [0.05, 0.1) is 0 Å². The largest absolute Gasteiger partial charge is 0.482 e. The van der Waals surface area contributed by atoms with Crippen LogP contribution in [0.1, 0.15) is 34.3 Å². The van der Waals surface area contributed by atoms with E-state index in [1.54, 1.807) is 31.3 Å². The van der Waals surface area contributed by atoms with Crippen LogP contribution >= 0.6 is 0 Å². The summed E-state index contributed by atoms with van der Waals surface area (Å²) in [4.78, 5) is 36.8. The van der Waals surface area contributed by atoms with Gasteiger partial charge in [0.25, 0.3) is 0 Å². The van der Waals surface area contributed by atoms with Crippen LogP contribution in [0.4, 0.5) is 5.69 Å². The summed E-state index contributed by atoms with van der Waals surface area (Å²) < 4.78 is 5.06. The van der Waals surface area contributed by atoms with Crippen LogP contribution in [-0.2, 0) is 9.59 Å². The lowest BCUT2D eigenvalue weighted by Gasteiger charge is -2.17. The number of carbonyl (C=O) groups is 3. The van der Waals surface area contributed by atoms with E-state index < -0.39 is 12.6 Å². The van der Waals surface area contributed by atoms with E-state index in [4.69, 9.17) is 9.84 Å². The minimum absolute atomic E-state index is 0.0460. The summed E-state index contributed by atoms with van der Waals surface area (Å²) in [5.74, 6) is -0.866. The van der Waals surface area contributed by atoms with Crippen LogP contribution in [-0.4, -0.2) is 36.4 Å². The summed E-state index contributed by atoms with van der Waals surface area (Å²) in [7, 11) is 1.64. The molecule has 0 unspecified atom stereocenters. The lowest BCUT2D eigenvalue weighted by Crippen LogP contribution is -2.26. The van der Waals surface area contributed by atoms with Gasteiger partial charge in [0.1, 0.15) is 5.75 Å². The molecule has 0 aliphatic heterocycles. The van der Waals surface area contributed by atoms with E-state index in [-0.39, 0.29) is 24.5 Å². The third-order valence-corrected chi connectivity index (χ3v) is 4.22. The van der Waals surface area contributed by atoms with E-state index in [1.807, 2.05) is 32.0 Å². The number of hydrogen-bond donors (Lipinski definition) is 1. The van der Waals surface area contributed by atoms with Gasteiger partial charge in [0, 0.05) is 31.1 Å². The number of benzene rings is 2. The number of hydrogen-bond acceptors (Lipinski definition) is 4. The molecular formula is C21H23NO5. The van der Waals surface area contributed by atoms with Gasteiger partial charge in [-0.2, -0.15) is 0 Å². The molecule has 0 saturated heterocycles. The first kappa shape index (κ1) is 20.2. The second-order valence-electron chi connectivity index (χ2n) is 6.37. The number of nitrogens with zero attached hydrogens (tertiary/aromatic N) is 1. The summed E-state index contributed by atoms with van der Waals surface area (Å²) in [5, 5.41) is 8.60. The Kier molecular flexibility index (Phi) is 6.71. The normalized spacial score (nSPS) is 10.3. The van der Waals surface area contributed by atoms with E-state index in [9.17, 15) is 14.4 Å². The smallest absolute Gasteiger partial charge is 0.341 e. The van der Waals surface area contributed by atoms with Gasteiger partial charge in [-0.25, -0.2) is 4.79 Å². The zero-order valence-corrected chi connectivity index (χ0v) is 15.7. The molecule has 0 aliphatic rings. The fourth-order valence-corrected chi connectivity index (χ4v) is 2.61. The molecule has 6 nitrogen and oxygen atoms in total. The molecule has 0 bridgehead atoms. The highest BCUT2D eigenvalue weighted by Gasteiger charge is 2.15. The quantitative estimate of drug-likeness (QED) is 0.721. The van der Waals surface area contributed by atoms with Crippen LogP contribution < -0.4 is 9.64 Å². The van der Waals surface area contributed by atoms with Crippen molar-refractivity contribution in [1.29, 1.82) is 0 Å². The van der Waals surface area contributed by atoms with Crippen molar-refractivity contribution in [2.45, 2.75) is 26.7 Å². The highest BCUT2D eigenvalue weighted by Crippen LogP contribution is 2.20. The van der Waals surface area contributed by atoms with Crippen molar-refractivity contribution in [3.8, 4) is 5.75 Å². The predicted molar refractivity (Wildman–Crippen MR) is 102 cm³/mol. The lowest BCUT2D eigenvalue weighted by atomic mass is 9.99. The van der Waals surface area contributed by atoms with Crippen LogP contribution in [0, 0.1) is 13.8 Å². The number of anilines is 1. The molecule has 0 spiro atoms. The van der Waals surface area contributed by atoms with Crippen molar-refractivity contribution in [3.05, 3.63) is 59.2 Å². The Morgan fingerprint density at radius 3 is 2.30 bits per heavy atom. The Morgan fingerprint density at radius 1 is 1.00 bits per heavy atom. The number of rotatable bonds is 8. The maximum Gasteiger partial charge on any atom is 0.341 e. The number of carbonyl (C=O) groups excluding carboxylic acids is 2. The van der Waals surface area contributed by atoms with Gasteiger partial charge in [-0.1, -0.05) is 17.7 Å². The first-order valence-corrected chi connectivity index (χ1v) is 8.59. The van der Waals surface area contributed by atoms with Crippen LogP contribution in [0.5, 0.6) is 5.75 Å². The van der Waals surface area contributed by atoms with Crippen LogP contribution in [0.2, 0.25) is 0 Å². The second kappa shape index (κ2) is 8.98. The van der Waals surface area contributed by atoms with Gasteiger partial charge in [0.2, 0.25) is 5.91 Å². The maximum atomic E-state index is 12.4. The monoisotopic (exact) mass is 369 g/mol. The summed E-state index contributed by atoms with van der Waals surface area (Å²) in [6.07, 6.45) is 0.257. The second-order valence-corrected chi connectivity index (χ2v) is 6.37. The minimum atomic E-state index is -1.06. The Labute approximate surface area is 158 Å². The average Bonchev–Trinajstić information content (AvgIpc) is 2.65. The molecule has 0 fully saturated rings. The summed E-state index contributed by atoms with van der Waals surface area (Å²) >= 11 is 0. The van der Waals surface area contributed by atoms with Gasteiger partial charge in [-0.15, -0.1) is 0 Å². The van der Waals surface area contributed by atoms with E-state index in [1.165, 1.54) is 4.90 Å². The van der Waals surface area contributed by atoms with Crippen molar-refractivity contribution < 1.29 is 24.2 Å². The van der Waals surface area contributed by atoms with Crippen LogP contribution in [0.25, 0.3) is 0 Å². The molecule has 2 aromatic carbocycles. The number of ketones is 1. The van der Waals surface area contributed by atoms with Gasteiger partial charge in [-0.3, -0.25) is 9.59 Å². The van der Waals surface area contributed by atoms with Gasteiger partial charge >= 0.3 is 5.97 Å². The van der Waals surface area contributed by atoms with Crippen molar-refractivity contribution in [3.63, 3.8) is 0 Å². The van der Waals surface area contributed by atoms with Crippen molar-refractivity contribution in [2.24, 2.45) is 0 Å². The molecule has 27 heavy (non-hydrogen) atoms. The first-order valence-electron chi connectivity index (χ1n) is 8.59. The minimum Gasteiger partial charge on any atom is -0.482 e. The zero-order valence-electron chi connectivity index (χ0n) is 15.7. The summed E-state index contributed by atoms with van der Waals surface area (Å²) in [6.45, 7) is 3.39. The highest BCUT2D eigenvalue weighted by molar-refractivity contribution is 6.01. The molecular weight excluding hydrogens is 346 g/mol. The van der Waals surface area contributed by atoms with Crippen molar-refractivity contribution in [1.82, 2.24) is 0 Å².